The predicted octanol–water partition coefficient (Wildman–Crippen LogP) is 3.18. The van der Waals surface area contributed by atoms with Crippen LogP contribution < -0.4 is 10.6 Å². The van der Waals surface area contributed by atoms with Crippen LogP contribution in [0.1, 0.15) is 28.1 Å². The van der Waals surface area contributed by atoms with Crippen LogP contribution in [0.5, 0.6) is 0 Å². The second-order valence-corrected chi connectivity index (χ2v) is 8.43. The molecule has 31 heavy (non-hydrogen) atoms. The predicted molar refractivity (Wildman–Crippen MR) is 116 cm³/mol. The first kappa shape index (κ1) is 20.8. The summed E-state index contributed by atoms with van der Waals surface area (Å²) < 4.78 is 38.7. The SMILES string of the molecule is O=C(NCCCOCc1ccco1)c1ccc(NC2=NS(=O)(=O)c3ccccc32)cc1. The Bertz CT molecular complexity index is 1190. The van der Waals surface area contributed by atoms with E-state index in [-0.39, 0.29) is 16.6 Å². The van der Waals surface area contributed by atoms with Gasteiger partial charge >= 0.3 is 0 Å². The van der Waals surface area contributed by atoms with Gasteiger partial charge in [-0.1, -0.05) is 12.1 Å². The minimum Gasteiger partial charge on any atom is -0.467 e. The monoisotopic (exact) mass is 439 g/mol. The zero-order valence-corrected chi connectivity index (χ0v) is 17.4. The molecule has 2 N–H and O–H groups in total. The lowest BCUT2D eigenvalue weighted by Gasteiger charge is -2.08. The van der Waals surface area contributed by atoms with Crippen LogP contribution in [0.25, 0.3) is 0 Å². The zero-order chi connectivity index (χ0) is 21.7. The van der Waals surface area contributed by atoms with Crippen molar-refractivity contribution in [3.63, 3.8) is 0 Å². The molecule has 0 bridgehead atoms. The van der Waals surface area contributed by atoms with Crippen molar-refractivity contribution in [2.45, 2.75) is 17.9 Å². The summed E-state index contributed by atoms with van der Waals surface area (Å²) in [4.78, 5) is 12.5. The molecule has 0 radical (unpaired) electrons. The van der Waals surface area contributed by atoms with Crippen LogP contribution in [0.2, 0.25) is 0 Å². The van der Waals surface area contributed by atoms with Crippen molar-refractivity contribution < 1.29 is 22.4 Å². The molecule has 0 saturated carbocycles. The van der Waals surface area contributed by atoms with Crippen LogP contribution in [0.4, 0.5) is 5.69 Å². The molecule has 3 aromatic rings. The number of carbonyl (C=O) groups excluding carboxylic acids is 1. The number of rotatable bonds is 8. The zero-order valence-electron chi connectivity index (χ0n) is 16.6. The fourth-order valence-electron chi connectivity index (χ4n) is 3.08. The first-order valence-corrected chi connectivity index (χ1v) is 11.2. The van der Waals surface area contributed by atoms with Crippen LogP contribution in [0, 0.1) is 0 Å². The molecule has 160 valence electrons. The Kier molecular flexibility index (Phi) is 6.15. The molecule has 1 aliphatic rings. The number of hydrogen-bond donors (Lipinski definition) is 2. The average molecular weight is 439 g/mol. The molecule has 9 heteroatoms. The van der Waals surface area contributed by atoms with Gasteiger partial charge in [0.15, 0.2) is 5.84 Å². The van der Waals surface area contributed by atoms with Gasteiger partial charge in [0.2, 0.25) is 0 Å². The van der Waals surface area contributed by atoms with Crippen LogP contribution in [-0.4, -0.2) is 33.3 Å². The third kappa shape index (κ3) is 5.01. The largest absolute Gasteiger partial charge is 0.467 e. The molecule has 2 heterocycles. The van der Waals surface area contributed by atoms with Crippen molar-refractivity contribution in [3.05, 3.63) is 83.8 Å². The first-order chi connectivity index (χ1) is 15.0. The molecule has 8 nitrogen and oxygen atoms in total. The number of furan rings is 1. The lowest BCUT2D eigenvalue weighted by molar-refractivity contribution is 0.0917. The molecule has 0 atom stereocenters. The van der Waals surface area contributed by atoms with Gasteiger partial charge in [0.25, 0.3) is 15.9 Å². The quantitative estimate of drug-likeness (QED) is 0.522. The topological polar surface area (TPSA) is 110 Å². The maximum absolute atomic E-state index is 12.3. The van der Waals surface area contributed by atoms with Gasteiger partial charge in [0, 0.05) is 30.0 Å². The summed E-state index contributed by atoms with van der Waals surface area (Å²) in [6, 6.07) is 17.0. The summed E-state index contributed by atoms with van der Waals surface area (Å²) in [6.07, 6.45) is 2.28. The Hall–Kier alpha value is -3.43. The lowest BCUT2D eigenvalue weighted by atomic mass is 10.1. The molecule has 0 saturated heterocycles. The van der Waals surface area contributed by atoms with E-state index in [4.69, 9.17) is 9.15 Å². The number of ether oxygens (including phenoxy) is 1. The molecule has 0 spiro atoms. The number of fused-ring (bicyclic) bond motifs is 1. The molecular formula is C22H21N3O5S. The van der Waals surface area contributed by atoms with Gasteiger partial charge in [0.1, 0.15) is 17.3 Å². The van der Waals surface area contributed by atoms with E-state index in [1.165, 1.54) is 6.07 Å². The van der Waals surface area contributed by atoms with Crippen molar-refractivity contribution in [2.24, 2.45) is 4.40 Å². The fourth-order valence-corrected chi connectivity index (χ4v) is 4.26. The average Bonchev–Trinajstić information content (AvgIpc) is 3.37. The summed E-state index contributed by atoms with van der Waals surface area (Å²) in [5.41, 5.74) is 1.66. The number of hydrogen-bond acceptors (Lipinski definition) is 6. The minimum absolute atomic E-state index is 0.182. The maximum Gasteiger partial charge on any atom is 0.285 e. The highest BCUT2D eigenvalue weighted by molar-refractivity contribution is 7.90. The van der Waals surface area contributed by atoms with Gasteiger partial charge in [-0.15, -0.1) is 4.40 Å². The van der Waals surface area contributed by atoms with Gasteiger partial charge in [-0.25, -0.2) is 0 Å². The van der Waals surface area contributed by atoms with Crippen LogP contribution in [0.3, 0.4) is 0 Å². The van der Waals surface area contributed by atoms with E-state index in [0.29, 0.717) is 43.0 Å². The van der Waals surface area contributed by atoms with E-state index in [1.807, 2.05) is 12.1 Å². The Balaban J connectivity index is 1.26. The van der Waals surface area contributed by atoms with Crippen molar-refractivity contribution in [1.82, 2.24) is 5.32 Å². The number of nitrogens with one attached hydrogen (secondary N) is 2. The van der Waals surface area contributed by atoms with Crippen LogP contribution in [-0.2, 0) is 21.4 Å². The highest BCUT2D eigenvalue weighted by Crippen LogP contribution is 2.26. The molecular weight excluding hydrogens is 418 g/mol. The van der Waals surface area contributed by atoms with E-state index in [2.05, 4.69) is 15.0 Å². The second-order valence-electron chi connectivity index (χ2n) is 6.85. The molecule has 0 unspecified atom stereocenters. The van der Waals surface area contributed by atoms with E-state index in [9.17, 15) is 13.2 Å². The first-order valence-electron chi connectivity index (χ1n) is 9.73. The Morgan fingerprint density at radius 1 is 1.03 bits per heavy atom. The van der Waals surface area contributed by atoms with E-state index in [1.54, 1.807) is 48.7 Å². The summed E-state index contributed by atoms with van der Waals surface area (Å²) >= 11 is 0. The van der Waals surface area contributed by atoms with Gasteiger partial charge in [0.05, 0.1) is 6.26 Å². The van der Waals surface area contributed by atoms with Crippen molar-refractivity contribution in [2.75, 3.05) is 18.5 Å². The van der Waals surface area contributed by atoms with Gasteiger partial charge in [-0.3, -0.25) is 4.79 Å². The Labute approximate surface area is 180 Å². The van der Waals surface area contributed by atoms with Crippen LogP contribution >= 0.6 is 0 Å². The molecule has 1 aromatic heterocycles. The van der Waals surface area contributed by atoms with Gasteiger partial charge in [-0.05, 0) is 55.0 Å². The van der Waals surface area contributed by atoms with E-state index in [0.717, 1.165) is 5.76 Å². The molecule has 4 rings (SSSR count). The van der Waals surface area contributed by atoms with Crippen molar-refractivity contribution in [3.8, 4) is 0 Å². The number of amidine groups is 1. The van der Waals surface area contributed by atoms with Gasteiger partial charge in [-0.2, -0.15) is 8.42 Å². The maximum atomic E-state index is 12.3. The number of anilines is 1. The number of benzene rings is 2. The fraction of sp³-hybridized carbons (Fsp3) is 0.182. The van der Waals surface area contributed by atoms with Gasteiger partial charge < -0.3 is 19.8 Å². The normalized spacial score (nSPS) is 14.0. The van der Waals surface area contributed by atoms with Crippen molar-refractivity contribution >= 4 is 27.5 Å². The highest BCUT2D eigenvalue weighted by atomic mass is 32.2. The minimum atomic E-state index is -3.68. The smallest absolute Gasteiger partial charge is 0.285 e. The lowest BCUT2D eigenvalue weighted by Crippen LogP contribution is -2.25. The number of amides is 1. The third-order valence-corrected chi connectivity index (χ3v) is 5.95. The standard InChI is InChI=1S/C22H21N3O5S/c26-22(23-12-4-13-29-15-18-5-3-14-30-18)16-8-10-17(11-9-16)24-21-19-6-1-2-7-20(19)31(27,28)25-21/h1-3,5-11,14H,4,12-13,15H2,(H,23,26)(H,24,25). The molecule has 1 aliphatic heterocycles. The summed E-state index contributed by atoms with van der Waals surface area (Å²) in [5.74, 6) is 0.841. The summed E-state index contributed by atoms with van der Waals surface area (Å²) in [7, 11) is -3.68. The van der Waals surface area contributed by atoms with E-state index < -0.39 is 10.0 Å². The van der Waals surface area contributed by atoms with Crippen LogP contribution in [0.15, 0.2) is 80.6 Å². The van der Waals surface area contributed by atoms with Crippen molar-refractivity contribution in [1.29, 1.82) is 0 Å². The Morgan fingerprint density at radius 3 is 2.61 bits per heavy atom. The summed E-state index contributed by atoms with van der Waals surface area (Å²) in [6.45, 7) is 1.41. The number of nitrogens with zero attached hydrogens (tertiary/aromatic N) is 1. The third-order valence-electron chi connectivity index (χ3n) is 4.62. The molecule has 0 fully saturated rings. The summed E-state index contributed by atoms with van der Waals surface area (Å²) in [5, 5.41) is 5.85. The number of sulfonamides is 1. The highest BCUT2D eigenvalue weighted by Gasteiger charge is 2.28. The number of carbonyl (C=O) groups is 1. The second kappa shape index (κ2) is 9.15. The molecule has 0 aliphatic carbocycles. The Morgan fingerprint density at radius 2 is 1.84 bits per heavy atom. The van der Waals surface area contributed by atoms with E-state index >= 15 is 0 Å². The molecule has 1 amide bonds. The molecule has 2 aromatic carbocycles.